The van der Waals surface area contributed by atoms with Crippen LogP contribution in [0.5, 0.6) is 0 Å². The molecule has 0 aliphatic carbocycles. The first-order valence-electron chi connectivity index (χ1n) is 4.55. The molecule has 1 aromatic rings. The van der Waals surface area contributed by atoms with Gasteiger partial charge in [0.25, 0.3) is 0 Å². The topological polar surface area (TPSA) is 66.9 Å². The lowest BCUT2D eigenvalue weighted by atomic mass is 10.4. The van der Waals surface area contributed by atoms with E-state index in [1.807, 2.05) is 6.92 Å². The van der Waals surface area contributed by atoms with Crippen LogP contribution < -0.4 is 10.6 Å². The maximum atomic E-state index is 11.2. The molecule has 0 aliphatic heterocycles. The Morgan fingerprint density at radius 2 is 2.43 bits per heavy atom. The maximum Gasteiger partial charge on any atom is 0.234 e. The number of nitrogens with one attached hydrogen (secondary N) is 2. The zero-order valence-electron chi connectivity index (χ0n) is 8.16. The van der Waals surface area contributed by atoms with Crippen LogP contribution in [0.2, 0.25) is 0 Å². The minimum Gasteiger partial charge on any atom is -0.349 e. The second kappa shape index (κ2) is 6.04. The minimum absolute atomic E-state index is 0.0227. The number of hydrogen-bond acceptors (Lipinski definition) is 4. The Kier molecular flexibility index (Phi) is 4.57. The van der Waals surface area contributed by atoms with E-state index in [-0.39, 0.29) is 5.91 Å². The normalized spacial score (nSPS) is 9.79. The number of amides is 1. The fraction of sp³-hybridized carbons (Fsp3) is 0.444. The van der Waals surface area contributed by atoms with E-state index in [1.165, 1.54) is 6.33 Å². The summed E-state index contributed by atoms with van der Waals surface area (Å²) in [6.07, 6.45) is 3.12. The molecule has 76 valence electrons. The molecule has 0 aliphatic rings. The fourth-order valence-electron chi connectivity index (χ4n) is 0.913. The van der Waals surface area contributed by atoms with Crippen molar-refractivity contribution in [1.29, 1.82) is 0 Å². The lowest BCUT2D eigenvalue weighted by molar-refractivity contribution is -0.120. The molecule has 1 heterocycles. The highest BCUT2D eigenvalue weighted by atomic mass is 16.1. The molecule has 0 spiro atoms. The average Bonchev–Trinajstić information content (AvgIpc) is 2.25. The Bertz CT molecular complexity index is 275. The molecule has 0 fully saturated rings. The number of hydrogen-bond donors (Lipinski definition) is 2. The van der Waals surface area contributed by atoms with Crippen LogP contribution in [0, 0.1) is 0 Å². The minimum atomic E-state index is -0.0227. The van der Waals surface area contributed by atoms with Gasteiger partial charge in [0.05, 0.1) is 18.8 Å². The molecule has 0 unspecified atom stereocenters. The van der Waals surface area contributed by atoms with E-state index in [2.05, 4.69) is 20.6 Å². The first-order valence-corrected chi connectivity index (χ1v) is 4.55. The lowest BCUT2D eigenvalue weighted by Crippen LogP contribution is -2.33. The van der Waals surface area contributed by atoms with E-state index in [4.69, 9.17) is 0 Å². The van der Waals surface area contributed by atoms with Crippen LogP contribution in [0.4, 0.5) is 0 Å². The third-order valence-corrected chi connectivity index (χ3v) is 1.65. The molecule has 5 heteroatoms. The molecule has 0 atom stereocenters. The fourth-order valence-corrected chi connectivity index (χ4v) is 0.913. The lowest BCUT2D eigenvalue weighted by Gasteiger charge is -2.04. The number of carbonyl (C=O) groups excluding carboxylic acids is 1. The number of aromatic nitrogens is 2. The van der Waals surface area contributed by atoms with Crippen molar-refractivity contribution < 1.29 is 4.79 Å². The third kappa shape index (κ3) is 3.95. The summed E-state index contributed by atoms with van der Waals surface area (Å²) in [5.41, 5.74) is 0.810. The molecular weight excluding hydrogens is 180 g/mol. The Morgan fingerprint density at radius 1 is 1.57 bits per heavy atom. The van der Waals surface area contributed by atoms with Crippen LogP contribution in [0.25, 0.3) is 0 Å². The second-order valence-electron chi connectivity index (χ2n) is 2.76. The van der Waals surface area contributed by atoms with Crippen molar-refractivity contribution in [3.05, 3.63) is 24.3 Å². The molecule has 5 nitrogen and oxygen atoms in total. The van der Waals surface area contributed by atoms with Gasteiger partial charge in [-0.3, -0.25) is 4.79 Å². The number of rotatable bonds is 5. The maximum absolute atomic E-state index is 11.2. The van der Waals surface area contributed by atoms with Gasteiger partial charge in [-0.1, -0.05) is 6.92 Å². The summed E-state index contributed by atoms with van der Waals surface area (Å²) >= 11 is 0. The van der Waals surface area contributed by atoms with Crippen LogP contribution in [-0.4, -0.2) is 29.0 Å². The Labute approximate surface area is 83.0 Å². The van der Waals surface area contributed by atoms with E-state index < -0.39 is 0 Å². The van der Waals surface area contributed by atoms with Crippen molar-refractivity contribution in [3.8, 4) is 0 Å². The van der Waals surface area contributed by atoms with Gasteiger partial charge < -0.3 is 10.6 Å². The molecule has 0 saturated carbocycles. The van der Waals surface area contributed by atoms with Gasteiger partial charge in [-0.05, 0) is 12.6 Å². The van der Waals surface area contributed by atoms with Gasteiger partial charge in [-0.2, -0.15) is 0 Å². The van der Waals surface area contributed by atoms with Gasteiger partial charge in [0.15, 0.2) is 0 Å². The van der Waals surface area contributed by atoms with Crippen molar-refractivity contribution in [2.45, 2.75) is 13.5 Å². The van der Waals surface area contributed by atoms with Crippen molar-refractivity contribution in [2.75, 3.05) is 13.1 Å². The standard InChI is InChI=1S/C9H14N4O/c1-2-10-6-9(14)12-5-8-3-4-11-7-13-8/h3-4,7,10H,2,5-6H2,1H3,(H,12,14). The predicted molar refractivity (Wildman–Crippen MR) is 52.4 cm³/mol. The first kappa shape index (κ1) is 10.6. The third-order valence-electron chi connectivity index (χ3n) is 1.65. The van der Waals surface area contributed by atoms with Crippen molar-refractivity contribution in [3.63, 3.8) is 0 Å². The summed E-state index contributed by atoms with van der Waals surface area (Å²) in [5, 5.41) is 5.68. The number of carbonyl (C=O) groups is 1. The molecular formula is C9H14N4O. The quantitative estimate of drug-likeness (QED) is 0.675. The number of likely N-dealkylation sites (N-methyl/N-ethyl adjacent to an activating group) is 1. The van der Waals surface area contributed by atoms with Gasteiger partial charge in [0.2, 0.25) is 5.91 Å². The number of nitrogens with zero attached hydrogens (tertiary/aromatic N) is 2. The summed E-state index contributed by atoms with van der Waals surface area (Å²) in [5.74, 6) is -0.0227. The van der Waals surface area contributed by atoms with Crippen molar-refractivity contribution in [1.82, 2.24) is 20.6 Å². The van der Waals surface area contributed by atoms with Crippen LogP contribution >= 0.6 is 0 Å². The van der Waals surface area contributed by atoms with Crippen LogP contribution in [-0.2, 0) is 11.3 Å². The molecule has 14 heavy (non-hydrogen) atoms. The summed E-state index contributed by atoms with van der Waals surface area (Å²) in [7, 11) is 0. The van der Waals surface area contributed by atoms with Crippen LogP contribution in [0.15, 0.2) is 18.6 Å². The highest BCUT2D eigenvalue weighted by Gasteiger charge is 1.99. The highest BCUT2D eigenvalue weighted by molar-refractivity contribution is 5.77. The van der Waals surface area contributed by atoms with E-state index in [1.54, 1.807) is 12.3 Å². The zero-order valence-corrected chi connectivity index (χ0v) is 8.16. The molecule has 0 saturated heterocycles. The Balaban J connectivity index is 2.24. The summed E-state index contributed by atoms with van der Waals surface area (Å²) in [4.78, 5) is 18.9. The molecule has 1 aromatic heterocycles. The van der Waals surface area contributed by atoms with Gasteiger partial charge in [-0.25, -0.2) is 9.97 Å². The van der Waals surface area contributed by atoms with Crippen LogP contribution in [0.1, 0.15) is 12.6 Å². The summed E-state index contributed by atoms with van der Waals surface area (Å²) in [6, 6.07) is 1.77. The average molecular weight is 194 g/mol. The zero-order chi connectivity index (χ0) is 10.2. The Hall–Kier alpha value is -1.49. The highest BCUT2D eigenvalue weighted by Crippen LogP contribution is 1.88. The van der Waals surface area contributed by atoms with Crippen LogP contribution in [0.3, 0.4) is 0 Å². The molecule has 0 radical (unpaired) electrons. The SMILES string of the molecule is CCNCC(=O)NCc1ccncn1. The van der Waals surface area contributed by atoms with E-state index in [0.717, 1.165) is 12.2 Å². The van der Waals surface area contributed by atoms with Gasteiger partial charge in [-0.15, -0.1) is 0 Å². The smallest absolute Gasteiger partial charge is 0.234 e. The van der Waals surface area contributed by atoms with E-state index in [0.29, 0.717) is 13.1 Å². The first-order chi connectivity index (χ1) is 6.83. The second-order valence-corrected chi connectivity index (χ2v) is 2.76. The molecule has 0 bridgehead atoms. The molecule has 1 amide bonds. The monoisotopic (exact) mass is 194 g/mol. The van der Waals surface area contributed by atoms with Gasteiger partial charge >= 0.3 is 0 Å². The van der Waals surface area contributed by atoms with E-state index in [9.17, 15) is 4.79 Å². The predicted octanol–water partition coefficient (Wildman–Crippen LogP) is -0.298. The summed E-state index contributed by atoms with van der Waals surface area (Å²) < 4.78 is 0. The van der Waals surface area contributed by atoms with Crippen molar-refractivity contribution >= 4 is 5.91 Å². The summed E-state index contributed by atoms with van der Waals surface area (Å²) in [6.45, 7) is 3.55. The molecule has 1 rings (SSSR count). The van der Waals surface area contributed by atoms with Crippen molar-refractivity contribution in [2.24, 2.45) is 0 Å². The van der Waals surface area contributed by atoms with E-state index >= 15 is 0 Å². The molecule has 2 N–H and O–H groups in total. The van der Waals surface area contributed by atoms with Gasteiger partial charge in [0.1, 0.15) is 6.33 Å². The molecule has 0 aromatic carbocycles. The largest absolute Gasteiger partial charge is 0.349 e. The van der Waals surface area contributed by atoms with Gasteiger partial charge in [0, 0.05) is 6.20 Å². The Morgan fingerprint density at radius 3 is 3.07 bits per heavy atom.